The van der Waals surface area contributed by atoms with Crippen molar-refractivity contribution in [1.82, 2.24) is 0 Å². The summed E-state index contributed by atoms with van der Waals surface area (Å²) in [5.41, 5.74) is 1.56. The van der Waals surface area contributed by atoms with Crippen molar-refractivity contribution in [2.75, 3.05) is 12.0 Å². The maximum atomic E-state index is 13.5. The molecule has 1 aliphatic heterocycles. The molecule has 0 bridgehead atoms. The molecule has 1 aliphatic rings. The van der Waals surface area contributed by atoms with Gasteiger partial charge < -0.3 is 9.47 Å². The zero-order chi connectivity index (χ0) is 22.7. The molecule has 0 atom stereocenters. The highest BCUT2D eigenvalue weighted by Gasteiger charge is 2.40. The molecule has 3 aromatic rings. The van der Waals surface area contributed by atoms with Gasteiger partial charge in [-0.15, -0.1) is 0 Å². The predicted molar refractivity (Wildman–Crippen MR) is 127 cm³/mol. The highest BCUT2D eigenvalue weighted by atomic mass is 32.2. The SMILES string of the molecule is COc1ccc(N2C(=O)C(Sc3ccccc3)=C(c3ccc(OC(C)C)cc3)C2=O)cc1. The Morgan fingerprint density at radius 1 is 0.781 bits per heavy atom. The molecule has 0 radical (unpaired) electrons. The first kappa shape index (κ1) is 21.7. The van der Waals surface area contributed by atoms with E-state index in [9.17, 15) is 9.59 Å². The van der Waals surface area contributed by atoms with Gasteiger partial charge >= 0.3 is 0 Å². The molecule has 0 spiro atoms. The molecular formula is C26H23NO4S. The molecule has 0 saturated carbocycles. The van der Waals surface area contributed by atoms with Crippen molar-refractivity contribution in [3.05, 3.63) is 89.3 Å². The zero-order valence-corrected chi connectivity index (χ0v) is 18.9. The lowest BCUT2D eigenvalue weighted by Gasteiger charge is -2.15. The van der Waals surface area contributed by atoms with Crippen LogP contribution in [0.15, 0.2) is 88.7 Å². The van der Waals surface area contributed by atoms with E-state index in [1.165, 1.54) is 16.7 Å². The van der Waals surface area contributed by atoms with Gasteiger partial charge in [-0.25, -0.2) is 4.90 Å². The molecule has 0 aromatic heterocycles. The van der Waals surface area contributed by atoms with Crippen molar-refractivity contribution in [3.63, 3.8) is 0 Å². The maximum absolute atomic E-state index is 13.5. The lowest BCUT2D eigenvalue weighted by Crippen LogP contribution is -2.31. The molecule has 0 N–H and O–H groups in total. The molecule has 4 rings (SSSR count). The number of benzene rings is 3. The fourth-order valence-corrected chi connectivity index (χ4v) is 4.42. The molecule has 162 valence electrons. The normalized spacial score (nSPS) is 13.8. The lowest BCUT2D eigenvalue weighted by molar-refractivity contribution is -0.119. The van der Waals surface area contributed by atoms with Gasteiger partial charge in [0.2, 0.25) is 0 Å². The number of amides is 2. The van der Waals surface area contributed by atoms with Crippen molar-refractivity contribution in [1.29, 1.82) is 0 Å². The largest absolute Gasteiger partial charge is 0.497 e. The standard InChI is InChI=1S/C26H23NO4S/c1-17(2)31-21-13-9-18(10-14-21)23-24(32-22-7-5-4-6-8-22)26(29)27(25(23)28)19-11-15-20(30-3)16-12-19/h4-17H,1-3H3. The number of carbonyl (C=O) groups is 2. The minimum atomic E-state index is -0.351. The van der Waals surface area contributed by atoms with Gasteiger partial charge in [0, 0.05) is 4.90 Å². The number of imide groups is 1. The number of carbonyl (C=O) groups excluding carboxylic acids is 2. The van der Waals surface area contributed by atoms with Crippen molar-refractivity contribution in [3.8, 4) is 11.5 Å². The minimum Gasteiger partial charge on any atom is -0.497 e. The van der Waals surface area contributed by atoms with Crippen LogP contribution in [0.3, 0.4) is 0 Å². The third kappa shape index (κ3) is 4.41. The molecule has 1 heterocycles. The molecule has 3 aromatic carbocycles. The molecule has 2 amide bonds. The van der Waals surface area contributed by atoms with Crippen LogP contribution in [0.2, 0.25) is 0 Å². The van der Waals surface area contributed by atoms with E-state index >= 15 is 0 Å². The lowest BCUT2D eigenvalue weighted by atomic mass is 10.1. The highest BCUT2D eigenvalue weighted by molar-refractivity contribution is 8.04. The summed E-state index contributed by atoms with van der Waals surface area (Å²) < 4.78 is 10.9. The average Bonchev–Trinajstić information content (AvgIpc) is 3.04. The number of hydrogen-bond acceptors (Lipinski definition) is 5. The highest BCUT2D eigenvalue weighted by Crippen LogP contribution is 2.41. The van der Waals surface area contributed by atoms with E-state index in [1.54, 1.807) is 31.4 Å². The third-order valence-electron chi connectivity index (χ3n) is 4.85. The van der Waals surface area contributed by atoms with Crippen LogP contribution in [-0.2, 0) is 9.59 Å². The van der Waals surface area contributed by atoms with Gasteiger partial charge in [-0.3, -0.25) is 9.59 Å². The molecule has 0 saturated heterocycles. The minimum absolute atomic E-state index is 0.0458. The summed E-state index contributed by atoms with van der Waals surface area (Å²) in [6, 6.07) is 23.7. The van der Waals surface area contributed by atoms with E-state index in [-0.39, 0.29) is 17.9 Å². The number of hydrogen-bond donors (Lipinski definition) is 0. The molecule has 5 nitrogen and oxygen atoms in total. The van der Waals surface area contributed by atoms with Gasteiger partial charge in [-0.05, 0) is 67.9 Å². The molecular weight excluding hydrogens is 422 g/mol. The second-order valence-corrected chi connectivity index (χ2v) is 8.54. The van der Waals surface area contributed by atoms with Crippen molar-refractivity contribution >= 4 is 34.8 Å². The fourth-order valence-electron chi connectivity index (χ4n) is 3.40. The Morgan fingerprint density at radius 3 is 2.00 bits per heavy atom. The van der Waals surface area contributed by atoms with Crippen LogP contribution < -0.4 is 14.4 Å². The van der Waals surface area contributed by atoms with Crippen LogP contribution in [0, 0.1) is 0 Å². The maximum Gasteiger partial charge on any atom is 0.272 e. The fraction of sp³-hybridized carbons (Fsp3) is 0.154. The number of rotatable bonds is 7. The van der Waals surface area contributed by atoms with Gasteiger partial charge in [0.15, 0.2) is 0 Å². The van der Waals surface area contributed by atoms with Crippen LogP contribution >= 0.6 is 11.8 Å². The smallest absolute Gasteiger partial charge is 0.272 e. The molecule has 32 heavy (non-hydrogen) atoms. The van der Waals surface area contributed by atoms with Crippen LogP contribution in [0.5, 0.6) is 11.5 Å². The Kier molecular flexibility index (Phi) is 6.32. The van der Waals surface area contributed by atoms with E-state index in [4.69, 9.17) is 9.47 Å². The van der Waals surface area contributed by atoms with E-state index in [1.807, 2.05) is 68.4 Å². The number of anilines is 1. The Morgan fingerprint density at radius 2 is 1.41 bits per heavy atom. The molecule has 0 unspecified atom stereocenters. The predicted octanol–water partition coefficient (Wildman–Crippen LogP) is 5.56. The van der Waals surface area contributed by atoms with Crippen LogP contribution in [0.4, 0.5) is 5.69 Å². The Hall–Kier alpha value is -3.51. The van der Waals surface area contributed by atoms with E-state index < -0.39 is 0 Å². The summed E-state index contributed by atoms with van der Waals surface area (Å²) >= 11 is 1.30. The summed E-state index contributed by atoms with van der Waals surface area (Å²) in [4.78, 5) is 29.5. The summed E-state index contributed by atoms with van der Waals surface area (Å²) in [6.45, 7) is 3.91. The number of nitrogens with zero attached hydrogens (tertiary/aromatic N) is 1. The second-order valence-electron chi connectivity index (χ2n) is 7.45. The first-order valence-corrected chi connectivity index (χ1v) is 11.1. The quantitative estimate of drug-likeness (QED) is 0.446. The van der Waals surface area contributed by atoms with Gasteiger partial charge in [0.1, 0.15) is 11.5 Å². The van der Waals surface area contributed by atoms with Gasteiger partial charge in [0.25, 0.3) is 11.8 Å². The van der Waals surface area contributed by atoms with Crippen molar-refractivity contribution < 1.29 is 19.1 Å². The van der Waals surface area contributed by atoms with Crippen molar-refractivity contribution in [2.24, 2.45) is 0 Å². The number of thioether (sulfide) groups is 1. The summed E-state index contributed by atoms with van der Waals surface area (Å²) in [5, 5.41) is 0. The van der Waals surface area contributed by atoms with Gasteiger partial charge in [0.05, 0.1) is 29.4 Å². The zero-order valence-electron chi connectivity index (χ0n) is 18.1. The second kappa shape index (κ2) is 9.32. The number of ether oxygens (including phenoxy) is 2. The summed E-state index contributed by atoms with van der Waals surface area (Å²) in [7, 11) is 1.57. The molecule has 0 aliphatic carbocycles. The molecule has 6 heteroatoms. The summed E-state index contributed by atoms with van der Waals surface area (Å²) in [6.07, 6.45) is 0.0458. The Labute approximate surface area is 191 Å². The topological polar surface area (TPSA) is 55.8 Å². The monoisotopic (exact) mass is 445 g/mol. The van der Waals surface area contributed by atoms with Crippen LogP contribution in [-0.4, -0.2) is 25.0 Å². The van der Waals surface area contributed by atoms with Crippen molar-refractivity contribution in [2.45, 2.75) is 24.8 Å². The van der Waals surface area contributed by atoms with Crippen LogP contribution in [0.25, 0.3) is 5.57 Å². The third-order valence-corrected chi connectivity index (χ3v) is 5.94. The number of methoxy groups -OCH3 is 1. The van der Waals surface area contributed by atoms with Crippen LogP contribution in [0.1, 0.15) is 19.4 Å². The Balaban J connectivity index is 1.75. The van der Waals surface area contributed by atoms with Gasteiger partial charge in [-0.1, -0.05) is 42.1 Å². The average molecular weight is 446 g/mol. The van der Waals surface area contributed by atoms with E-state index in [0.717, 1.165) is 4.90 Å². The van der Waals surface area contributed by atoms with E-state index in [0.29, 0.717) is 33.2 Å². The Bertz CT molecular complexity index is 1150. The first-order chi connectivity index (χ1) is 15.5. The molecule has 0 fully saturated rings. The summed E-state index contributed by atoms with van der Waals surface area (Å²) in [5.74, 6) is 0.675. The van der Waals surface area contributed by atoms with Gasteiger partial charge in [-0.2, -0.15) is 0 Å². The van der Waals surface area contributed by atoms with E-state index in [2.05, 4.69) is 0 Å². The first-order valence-electron chi connectivity index (χ1n) is 10.2.